The van der Waals surface area contributed by atoms with Gasteiger partial charge in [0.1, 0.15) is 12.1 Å². The van der Waals surface area contributed by atoms with Crippen molar-refractivity contribution in [3.05, 3.63) is 33.1 Å². The van der Waals surface area contributed by atoms with Gasteiger partial charge in [0.2, 0.25) is 0 Å². The van der Waals surface area contributed by atoms with Crippen LogP contribution < -0.4 is 9.80 Å². The molecular weight excluding hydrogens is 599 g/mol. The number of carbonyl (C=O) groups is 2. The molecular formula is C24H30Cl2N8O8. The summed E-state index contributed by atoms with van der Waals surface area (Å²) in [6.45, 7) is 3.13. The quantitative estimate of drug-likeness (QED) is 0.269. The molecule has 16 nitrogen and oxygen atoms in total. The molecule has 0 atom stereocenters. The highest BCUT2D eigenvalue weighted by molar-refractivity contribution is 6.32. The molecule has 0 spiro atoms. The van der Waals surface area contributed by atoms with Crippen LogP contribution >= 0.6 is 23.2 Å². The largest absolute Gasteiger partial charge is 0.476 e. The fraction of sp³-hybridized carbons (Fsp3) is 0.500. The van der Waals surface area contributed by atoms with Crippen LogP contribution in [0.3, 0.4) is 0 Å². The topological polar surface area (TPSA) is 217 Å². The second kappa shape index (κ2) is 19.3. The molecule has 0 fully saturated rings. The van der Waals surface area contributed by atoms with Gasteiger partial charge in [0.25, 0.3) is 0 Å². The second-order valence-electron chi connectivity index (χ2n) is 7.85. The molecule has 0 aliphatic carbocycles. The highest BCUT2D eigenvalue weighted by atomic mass is 35.5. The number of nitrogens with zero attached hydrogens (tertiary/aromatic N) is 8. The number of rotatable bonds is 16. The molecule has 42 heavy (non-hydrogen) atoms. The standard InChI is InChI=1S/2C12H15ClN4O4/c2*1-20-5-3-17(4-6-21-2)11-8(7-14)15-10(13)9(16-11)12(18)19/h2*3-6H2,1-2H3,(H,18,19). The van der Waals surface area contributed by atoms with Gasteiger partial charge in [-0.25, -0.2) is 29.5 Å². The van der Waals surface area contributed by atoms with Crippen molar-refractivity contribution in [1.29, 1.82) is 10.5 Å². The summed E-state index contributed by atoms with van der Waals surface area (Å²) in [4.78, 5) is 41.0. The summed E-state index contributed by atoms with van der Waals surface area (Å²) in [5.41, 5.74) is -0.884. The Hall–Kier alpha value is -3.90. The summed E-state index contributed by atoms with van der Waals surface area (Å²) < 4.78 is 20.0. The molecule has 0 bridgehead atoms. The first kappa shape index (κ1) is 36.1. The van der Waals surface area contributed by atoms with Crippen molar-refractivity contribution in [2.75, 3.05) is 90.8 Å². The molecule has 0 saturated heterocycles. The molecule has 2 aromatic rings. The summed E-state index contributed by atoms with van der Waals surface area (Å²) >= 11 is 11.4. The van der Waals surface area contributed by atoms with Gasteiger partial charge in [0, 0.05) is 54.6 Å². The van der Waals surface area contributed by atoms with Crippen LogP contribution in [-0.4, -0.2) is 123 Å². The lowest BCUT2D eigenvalue weighted by Crippen LogP contribution is -2.32. The third-order valence-corrected chi connectivity index (χ3v) is 5.67. The Morgan fingerprint density at radius 1 is 0.667 bits per heavy atom. The fourth-order valence-corrected chi connectivity index (χ4v) is 3.54. The summed E-state index contributed by atoms with van der Waals surface area (Å²) in [5, 5.41) is 35.7. The lowest BCUT2D eigenvalue weighted by Gasteiger charge is -2.23. The molecule has 228 valence electrons. The number of hydrogen-bond acceptors (Lipinski definition) is 14. The van der Waals surface area contributed by atoms with Gasteiger partial charge in [-0.2, -0.15) is 10.5 Å². The van der Waals surface area contributed by atoms with Crippen molar-refractivity contribution >= 4 is 46.8 Å². The van der Waals surface area contributed by atoms with E-state index in [0.717, 1.165) is 0 Å². The summed E-state index contributed by atoms with van der Waals surface area (Å²) in [6.07, 6.45) is 0. The van der Waals surface area contributed by atoms with Crippen molar-refractivity contribution < 1.29 is 38.7 Å². The first-order valence-electron chi connectivity index (χ1n) is 12.0. The van der Waals surface area contributed by atoms with Crippen LogP contribution in [0.2, 0.25) is 10.3 Å². The van der Waals surface area contributed by atoms with E-state index in [1.807, 2.05) is 12.1 Å². The number of aromatic nitrogens is 4. The number of anilines is 2. The van der Waals surface area contributed by atoms with Gasteiger partial charge in [0.15, 0.2) is 44.7 Å². The van der Waals surface area contributed by atoms with Crippen molar-refractivity contribution in [3.8, 4) is 12.1 Å². The molecule has 2 N–H and O–H groups in total. The van der Waals surface area contributed by atoms with E-state index >= 15 is 0 Å². The second-order valence-corrected chi connectivity index (χ2v) is 8.57. The van der Waals surface area contributed by atoms with Gasteiger partial charge in [-0.3, -0.25) is 0 Å². The maximum absolute atomic E-state index is 11.1. The van der Waals surface area contributed by atoms with Gasteiger partial charge in [-0.05, 0) is 0 Å². The molecule has 2 aromatic heterocycles. The molecule has 0 amide bonds. The molecule has 0 radical (unpaired) electrons. The SMILES string of the molecule is COCCN(CCOC)c1nc(C(=O)O)c(Cl)nc1C#N.COCCN(CCOC)c1nc(C(=O)O)c(Cl)nc1C#N. The van der Waals surface area contributed by atoms with Crippen LogP contribution in [0.15, 0.2) is 0 Å². The molecule has 0 saturated carbocycles. The molecule has 2 rings (SSSR count). The molecule has 0 aliphatic heterocycles. The summed E-state index contributed by atoms with van der Waals surface area (Å²) in [5.74, 6) is -2.32. The predicted molar refractivity (Wildman–Crippen MR) is 149 cm³/mol. The Labute approximate surface area is 251 Å². The first-order valence-corrected chi connectivity index (χ1v) is 12.7. The van der Waals surface area contributed by atoms with Crippen LogP contribution in [0.5, 0.6) is 0 Å². The monoisotopic (exact) mass is 628 g/mol. The average molecular weight is 629 g/mol. The third-order valence-electron chi connectivity index (χ3n) is 5.15. The van der Waals surface area contributed by atoms with Gasteiger partial charge in [-0.15, -0.1) is 0 Å². The third kappa shape index (κ3) is 10.8. The molecule has 0 aromatic carbocycles. The lowest BCUT2D eigenvalue weighted by atomic mass is 10.3. The lowest BCUT2D eigenvalue weighted by molar-refractivity contribution is 0.0679. The number of nitriles is 2. The fourth-order valence-electron chi connectivity index (χ4n) is 3.13. The number of carboxylic acid groups (broad SMARTS) is 2. The zero-order chi connectivity index (χ0) is 31.7. The van der Waals surface area contributed by atoms with Crippen LogP contribution in [0, 0.1) is 22.7 Å². The zero-order valence-electron chi connectivity index (χ0n) is 23.3. The Balaban J connectivity index is 0.000000420. The normalized spacial score (nSPS) is 10.2. The molecule has 2 heterocycles. The van der Waals surface area contributed by atoms with E-state index in [9.17, 15) is 9.59 Å². The number of carboxylic acids is 2. The van der Waals surface area contributed by atoms with E-state index in [2.05, 4.69) is 19.9 Å². The van der Waals surface area contributed by atoms with Crippen LogP contribution in [0.4, 0.5) is 11.6 Å². The van der Waals surface area contributed by atoms with Crippen LogP contribution in [0.1, 0.15) is 32.4 Å². The van der Waals surface area contributed by atoms with Crippen molar-refractivity contribution in [3.63, 3.8) is 0 Å². The summed E-state index contributed by atoms with van der Waals surface area (Å²) in [7, 11) is 6.15. The first-order chi connectivity index (χ1) is 20.1. The number of hydrogen-bond donors (Lipinski definition) is 2. The molecule has 18 heteroatoms. The van der Waals surface area contributed by atoms with E-state index in [4.69, 9.17) is 62.9 Å². The number of ether oxygens (including phenoxy) is 4. The maximum Gasteiger partial charge on any atom is 0.357 e. The Morgan fingerprint density at radius 2 is 0.952 bits per heavy atom. The minimum Gasteiger partial charge on any atom is -0.476 e. The minimum absolute atomic E-state index is 0.0443. The van der Waals surface area contributed by atoms with Crippen molar-refractivity contribution in [2.24, 2.45) is 0 Å². The predicted octanol–water partition coefficient (Wildman–Crippen LogP) is 1.60. The molecule has 0 aliphatic rings. The highest BCUT2D eigenvalue weighted by Crippen LogP contribution is 2.22. The Bertz CT molecular complexity index is 1180. The van der Waals surface area contributed by atoms with E-state index in [1.54, 1.807) is 9.80 Å². The van der Waals surface area contributed by atoms with Crippen molar-refractivity contribution in [2.45, 2.75) is 0 Å². The van der Waals surface area contributed by atoms with Gasteiger partial charge in [0.05, 0.1) is 26.4 Å². The average Bonchev–Trinajstić information content (AvgIpc) is 2.97. The highest BCUT2D eigenvalue weighted by Gasteiger charge is 2.22. The van der Waals surface area contributed by atoms with Crippen LogP contribution in [0.25, 0.3) is 0 Å². The summed E-state index contributed by atoms with van der Waals surface area (Å²) in [6, 6.07) is 3.72. The molecule has 0 unspecified atom stereocenters. The van der Waals surface area contributed by atoms with Gasteiger partial charge in [-0.1, -0.05) is 23.2 Å². The van der Waals surface area contributed by atoms with E-state index < -0.39 is 23.3 Å². The van der Waals surface area contributed by atoms with E-state index in [0.29, 0.717) is 52.6 Å². The maximum atomic E-state index is 11.1. The van der Waals surface area contributed by atoms with Crippen molar-refractivity contribution in [1.82, 2.24) is 19.9 Å². The van der Waals surface area contributed by atoms with E-state index in [1.165, 1.54) is 28.4 Å². The Morgan fingerprint density at radius 3 is 1.17 bits per heavy atom. The van der Waals surface area contributed by atoms with Crippen LogP contribution in [-0.2, 0) is 18.9 Å². The van der Waals surface area contributed by atoms with Gasteiger partial charge < -0.3 is 39.0 Å². The zero-order valence-corrected chi connectivity index (χ0v) is 24.8. The van der Waals surface area contributed by atoms with Gasteiger partial charge >= 0.3 is 11.9 Å². The number of halogens is 2. The number of methoxy groups -OCH3 is 4. The smallest absolute Gasteiger partial charge is 0.357 e. The Kier molecular flexibility index (Phi) is 16.6. The van der Waals surface area contributed by atoms with E-state index in [-0.39, 0.29) is 33.3 Å². The minimum atomic E-state index is -1.31. The number of aromatic carboxylic acids is 2.